The Morgan fingerprint density at radius 1 is 1.43 bits per heavy atom. The molecule has 0 fully saturated rings. The van der Waals surface area contributed by atoms with Crippen LogP contribution in [0.15, 0.2) is 24.3 Å². The molecule has 3 nitrogen and oxygen atoms in total. The minimum atomic E-state index is -0.555. The fourth-order valence-corrected chi connectivity index (χ4v) is 1.04. The Balaban J connectivity index is 2.48. The lowest BCUT2D eigenvalue weighted by Gasteiger charge is -2.07. The molecule has 0 bridgehead atoms. The van der Waals surface area contributed by atoms with Gasteiger partial charge in [-0.05, 0) is 24.1 Å². The van der Waals surface area contributed by atoms with Gasteiger partial charge in [-0.1, -0.05) is 19.1 Å². The molecule has 0 amide bonds. The number of ether oxygens (including phenoxy) is 1. The van der Waals surface area contributed by atoms with Gasteiger partial charge in [0, 0.05) is 0 Å². The number of nitrogens with two attached hydrogens (primary N) is 1. The lowest BCUT2D eigenvalue weighted by molar-refractivity contribution is 0.308. The summed E-state index contributed by atoms with van der Waals surface area (Å²) >= 11 is 0. The topological polar surface area (TPSA) is 59.0 Å². The summed E-state index contributed by atoms with van der Waals surface area (Å²) in [5.41, 5.74) is 6.66. The summed E-state index contributed by atoms with van der Waals surface area (Å²) in [6, 6.07) is 9.15. The van der Waals surface area contributed by atoms with Crippen LogP contribution < -0.4 is 10.5 Å². The van der Waals surface area contributed by atoms with Gasteiger partial charge in [0.15, 0.2) is 0 Å². The molecule has 1 aromatic carbocycles. The van der Waals surface area contributed by atoms with E-state index in [1.807, 2.05) is 30.3 Å². The van der Waals surface area contributed by atoms with Crippen molar-refractivity contribution in [1.82, 2.24) is 0 Å². The van der Waals surface area contributed by atoms with Crippen molar-refractivity contribution in [2.24, 2.45) is 5.73 Å². The van der Waals surface area contributed by atoms with E-state index in [-0.39, 0.29) is 6.61 Å². The number of hydrogen-bond acceptors (Lipinski definition) is 3. The van der Waals surface area contributed by atoms with Crippen molar-refractivity contribution in [3.63, 3.8) is 0 Å². The predicted molar refractivity (Wildman–Crippen MR) is 54.9 cm³/mol. The van der Waals surface area contributed by atoms with Crippen LogP contribution in [0.4, 0.5) is 0 Å². The number of aryl methyl sites for hydroxylation is 1. The largest absolute Gasteiger partial charge is 0.491 e. The van der Waals surface area contributed by atoms with Crippen molar-refractivity contribution in [2.75, 3.05) is 6.61 Å². The van der Waals surface area contributed by atoms with Gasteiger partial charge in [0.05, 0.1) is 6.07 Å². The van der Waals surface area contributed by atoms with Gasteiger partial charge in [-0.3, -0.25) is 0 Å². The summed E-state index contributed by atoms with van der Waals surface area (Å²) < 4.78 is 5.31. The van der Waals surface area contributed by atoms with E-state index in [0.717, 1.165) is 12.2 Å². The summed E-state index contributed by atoms with van der Waals surface area (Å²) in [4.78, 5) is 0. The minimum Gasteiger partial charge on any atom is -0.491 e. The van der Waals surface area contributed by atoms with Gasteiger partial charge in [0.1, 0.15) is 18.4 Å². The maximum absolute atomic E-state index is 8.44. The molecule has 1 rings (SSSR count). The fourth-order valence-electron chi connectivity index (χ4n) is 1.04. The predicted octanol–water partition coefficient (Wildman–Crippen LogP) is 1.48. The van der Waals surface area contributed by atoms with E-state index in [0.29, 0.717) is 0 Å². The first-order valence-corrected chi connectivity index (χ1v) is 4.63. The Morgan fingerprint density at radius 3 is 2.57 bits per heavy atom. The Labute approximate surface area is 84.1 Å². The van der Waals surface area contributed by atoms with Crippen LogP contribution in [0.1, 0.15) is 12.5 Å². The standard InChI is InChI=1S/C11H14N2O/c1-2-9-3-5-11(6-4-9)14-8-10(13)7-12/h3-6,10H,2,8,13H2,1H3. The summed E-state index contributed by atoms with van der Waals surface area (Å²) in [6.45, 7) is 2.34. The number of hydrogen-bond donors (Lipinski definition) is 1. The number of nitrogens with zero attached hydrogens (tertiary/aromatic N) is 1. The summed E-state index contributed by atoms with van der Waals surface area (Å²) in [5.74, 6) is 0.757. The van der Waals surface area contributed by atoms with Crippen LogP contribution in [-0.4, -0.2) is 12.6 Å². The zero-order valence-electron chi connectivity index (χ0n) is 8.23. The molecule has 0 aliphatic carbocycles. The van der Waals surface area contributed by atoms with Crippen molar-refractivity contribution >= 4 is 0 Å². The van der Waals surface area contributed by atoms with Crippen LogP contribution in [0.25, 0.3) is 0 Å². The van der Waals surface area contributed by atoms with Gasteiger partial charge in [-0.15, -0.1) is 0 Å². The first-order valence-electron chi connectivity index (χ1n) is 4.63. The number of rotatable bonds is 4. The highest BCUT2D eigenvalue weighted by molar-refractivity contribution is 5.27. The molecule has 2 N–H and O–H groups in total. The van der Waals surface area contributed by atoms with Gasteiger partial charge in [0.25, 0.3) is 0 Å². The van der Waals surface area contributed by atoms with Gasteiger partial charge in [0.2, 0.25) is 0 Å². The average Bonchev–Trinajstić information content (AvgIpc) is 2.26. The summed E-state index contributed by atoms with van der Waals surface area (Å²) in [5, 5.41) is 8.44. The highest BCUT2D eigenvalue weighted by Crippen LogP contribution is 2.12. The van der Waals surface area contributed by atoms with Crippen LogP contribution in [0.2, 0.25) is 0 Å². The van der Waals surface area contributed by atoms with Crippen molar-refractivity contribution in [3.8, 4) is 11.8 Å². The van der Waals surface area contributed by atoms with E-state index in [2.05, 4.69) is 6.92 Å². The number of benzene rings is 1. The van der Waals surface area contributed by atoms with Crippen molar-refractivity contribution in [2.45, 2.75) is 19.4 Å². The minimum absolute atomic E-state index is 0.238. The van der Waals surface area contributed by atoms with Crippen LogP contribution in [0.5, 0.6) is 5.75 Å². The zero-order chi connectivity index (χ0) is 10.4. The molecule has 74 valence electrons. The second kappa shape index (κ2) is 5.25. The molecule has 0 aliphatic heterocycles. The highest BCUT2D eigenvalue weighted by Gasteiger charge is 2.00. The average molecular weight is 190 g/mol. The molecule has 0 aromatic heterocycles. The lowest BCUT2D eigenvalue weighted by Crippen LogP contribution is -2.25. The Bertz CT molecular complexity index is 313. The van der Waals surface area contributed by atoms with E-state index in [1.54, 1.807) is 0 Å². The van der Waals surface area contributed by atoms with Crippen molar-refractivity contribution in [3.05, 3.63) is 29.8 Å². The van der Waals surface area contributed by atoms with Crippen LogP contribution in [0.3, 0.4) is 0 Å². The van der Waals surface area contributed by atoms with E-state index in [4.69, 9.17) is 15.7 Å². The maximum atomic E-state index is 8.44. The third-order valence-corrected chi connectivity index (χ3v) is 1.93. The SMILES string of the molecule is CCc1ccc(OCC(N)C#N)cc1. The Morgan fingerprint density at radius 2 is 2.07 bits per heavy atom. The molecule has 0 aliphatic rings. The molecular weight excluding hydrogens is 176 g/mol. The third kappa shape index (κ3) is 3.08. The molecule has 0 heterocycles. The number of nitriles is 1. The normalized spacial score (nSPS) is 11.8. The molecule has 1 unspecified atom stereocenters. The van der Waals surface area contributed by atoms with Crippen LogP contribution >= 0.6 is 0 Å². The molecule has 14 heavy (non-hydrogen) atoms. The second-order valence-corrected chi connectivity index (χ2v) is 3.04. The Kier molecular flexibility index (Phi) is 3.96. The first-order chi connectivity index (χ1) is 6.76. The van der Waals surface area contributed by atoms with Gasteiger partial charge < -0.3 is 10.5 Å². The van der Waals surface area contributed by atoms with E-state index in [9.17, 15) is 0 Å². The molecule has 3 heteroatoms. The van der Waals surface area contributed by atoms with Crippen molar-refractivity contribution in [1.29, 1.82) is 5.26 Å². The fraction of sp³-hybridized carbons (Fsp3) is 0.364. The molecule has 0 saturated carbocycles. The van der Waals surface area contributed by atoms with Crippen molar-refractivity contribution < 1.29 is 4.74 Å². The smallest absolute Gasteiger partial charge is 0.127 e. The zero-order valence-corrected chi connectivity index (χ0v) is 8.23. The van der Waals surface area contributed by atoms with E-state index >= 15 is 0 Å². The summed E-state index contributed by atoms with van der Waals surface area (Å²) in [7, 11) is 0. The Hall–Kier alpha value is -1.53. The van der Waals surface area contributed by atoms with Gasteiger partial charge in [-0.25, -0.2) is 0 Å². The van der Waals surface area contributed by atoms with Crippen LogP contribution in [0, 0.1) is 11.3 Å². The van der Waals surface area contributed by atoms with Gasteiger partial charge in [-0.2, -0.15) is 5.26 Å². The van der Waals surface area contributed by atoms with E-state index < -0.39 is 6.04 Å². The monoisotopic (exact) mass is 190 g/mol. The maximum Gasteiger partial charge on any atom is 0.127 e. The molecule has 1 atom stereocenters. The quantitative estimate of drug-likeness (QED) is 0.782. The summed E-state index contributed by atoms with van der Waals surface area (Å²) in [6.07, 6.45) is 1.01. The third-order valence-electron chi connectivity index (χ3n) is 1.93. The molecule has 0 saturated heterocycles. The van der Waals surface area contributed by atoms with Gasteiger partial charge >= 0.3 is 0 Å². The molecule has 0 radical (unpaired) electrons. The van der Waals surface area contributed by atoms with Crippen LogP contribution in [-0.2, 0) is 6.42 Å². The molecular formula is C11H14N2O. The second-order valence-electron chi connectivity index (χ2n) is 3.04. The molecule has 1 aromatic rings. The van der Waals surface area contributed by atoms with E-state index in [1.165, 1.54) is 5.56 Å². The lowest BCUT2D eigenvalue weighted by atomic mass is 10.2. The molecule has 0 spiro atoms. The highest BCUT2D eigenvalue weighted by atomic mass is 16.5. The first kappa shape index (κ1) is 10.6.